The standard InChI is InChI=1S/C19H35NS/c1-4-7-8-9-10-11-12-13-18(20-16-5-2)19-15-14-17(6-3)21-19/h14-15,18,20H,4-13,16H2,1-3H3. The molecule has 1 atom stereocenters. The molecule has 1 N–H and O–H groups in total. The Hall–Kier alpha value is -0.340. The van der Waals surface area contributed by atoms with E-state index in [1.807, 2.05) is 11.3 Å². The van der Waals surface area contributed by atoms with Crippen LogP contribution in [0.1, 0.15) is 94.4 Å². The Morgan fingerprint density at radius 2 is 1.62 bits per heavy atom. The summed E-state index contributed by atoms with van der Waals surface area (Å²) in [4.78, 5) is 3.07. The predicted molar refractivity (Wildman–Crippen MR) is 97.3 cm³/mol. The molecule has 122 valence electrons. The van der Waals surface area contributed by atoms with Gasteiger partial charge in [0, 0.05) is 15.8 Å². The van der Waals surface area contributed by atoms with Crippen LogP contribution in [0.3, 0.4) is 0 Å². The normalized spacial score (nSPS) is 12.7. The summed E-state index contributed by atoms with van der Waals surface area (Å²) in [7, 11) is 0. The zero-order valence-electron chi connectivity index (χ0n) is 14.4. The zero-order valence-corrected chi connectivity index (χ0v) is 15.2. The van der Waals surface area contributed by atoms with Crippen LogP contribution in [-0.2, 0) is 6.42 Å². The van der Waals surface area contributed by atoms with E-state index in [1.54, 1.807) is 4.88 Å². The molecule has 1 nitrogen and oxygen atoms in total. The number of unbranched alkanes of at least 4 members (excludes halogenated alkanes) is 6. The number of hydrogen-bond donors (Lipinski definition) is 1. The Labute approximate surface area is 136 Å². The summed E-state index contributed by atoms with van der Waals surface area (Å²) in [6.07, 6.45) is 13.5. The number of hydrogen-bond acceptors (Lipinski definition) is 2. The van der Waals surface area contributed by atoms with Crippen molar-refractivity contribution in [2.24, 2.45) is 0 Å². The topological polar surface area (TPSA) is 12.0 Å². The summed E-state index contributed by atoms with van der Waals surface area (Å²) in [5.74, 6) is 0. The molecule has 0 saturated heterocycles. The maximum Gasteiger partial charge on any atom is 0.0414 e. The van der Waals surface area contributed by atoms with E-state index in [1.165, 1.54) is 69.1 Å². The summed E-state index contributed by atoms with van der Waals surface area (Å²) in [6, 6.07) is 5.24. The highest BCUT2D eigenvalue weighted by Crippen LogP contribution is 2.27. The fourth-order valence-corrected chi connectivity index (χ4v) is 3.80. The van der Waals surface area contributed by atoms with Gasteiger partial charge in [0.2, 0.25) is 0 Å². The summed E-state index contributed by atoms with van der Waals surface area (Å²) in [5.41, 5.74) is 0. The summed E-state index contributed by atoms with van der Waals surface area (Å²) in [5, 5.41) is 3.74. The second-order valence-electron chi connectivity index (χ2n) is 6.07. The van der Waals surface area contributed by atoms with Gasteiger partial charge in [-0.25, -0.2) is 0 Å². The van der Waals surface area contributed by atoms with Crippen LogP contribution in [0.25, 0.3) is 0 Å². The molecule has 1 unspecified atom stereocenters. The number of nitrogens with one attached hydrogen (secondary N) is 1. The summed E-state index contributed by atoms with van der Waals surface area (Å²) in [6.45, 7) is 7.93. The second kappa shape index (κ2) is 12.2. The highest BCUT2D eigenvalue weighted by molar-refractivity contribution is 7.12. The molecule has 1 rings (SSSR count). The molecule has 0 spiro atoms. The van der Waals surface area contributed by atoms with Crippen molar-refractivity contribution in [1.82, 2.24) is 5.32 Å². The van der Waals surface area contributed by atoms with Crippen LogP contribution in [0.5, 0.6) is 0 Å². The van der Waals surface area contributed by atoms with Crippen molar-refractivity contribution in [3.05, 3.63) is 21.9 Å². The van der Waals surface area contributed by atoms with Crippen LogP contribution < -0.4 is 5.32 Å². The molecule has 0 aliphatic heterocycles. The highest BCUT2D eigenvalue weighted by atomic mass is 32.1. The van der Waals surface area contributed by atoms with Gasteiger partial charge in [0.25, 0.3) is 0 Å². The van der Waals surface area contributed by atoms with Crippen LogP contribution >= 0.6 is 11.3 Å². The van der Waals surface area contributed by atoms with Crippen LogP contribution in [0.15, 0.2) is 12.1 Å². The van der Waals surface area contributed by atoms with Gasteiger partial charge in [0.05, 0.1) is 0 Å². The molecule has 1 aromatic rings. The first-order valence-corrected chi connectivity index (χ1v) is 9.95. The van der Waals surface area contributed by atoms with Gasteiger partial charge in [-0.2, -0.15) is 0 Å². The van der Waals surface area contributed by atoms with Crippen molar-refractivity contribution in [1.29, 1.82) is 0 Å². The van der Waals surface area contributed by atoms with E-state index < -0.39 is 0 Å². The minimum Gasteiger partial charge on any atom is -0.309 e. The van der Waals surface area contributed by atoms with E-state index in [0.717, 1.165) is 6.54 Å². The van der Waals surface area contributed by atoms with Crippen LogP contribution in [-0.4, -0.2) is 6.54 Å². The molecule has 0 amide bonds. The Kier molecular flexibility index (Phi) is 10.9. The van der Waals surface area contributed by atoms with Crippen LogP contribution in [0.2, 0.25) is 0 Å². The minimum atomic E-state index is 0.589. The Morgan fingerprint density at radius 3 is 2.24 bits per heavy atom. The predicted octanol–water partition coefficient (Wildman–Crippen LogP) is 6.49. The van der Waals surface area contributed by atoms with Crippen molar-refractivity contribution in [3.63, 3.8) is 0 Å². The smallest absolute Gasteiger partial charge is 0.0414 e. The molecule has 0 saturated carbocycles. The highest BCUT2D eigenvalue weighted by Gasteiger charge is 2.12. The molecule has 0 aromatic carbocycles. The molecule has 0 aliphatic carbocycles. The third kappa shape index (κ3) is 8.01. The van der Waals surface area contributed by atoms with Gasteiger partial charge in [0.15, 0.2) is 0 Å². The lowest BCUT2D eigenvalue weighted by atomic mass is 10.0. The van der Waals surface area contributed by atoms with Gasteiger partial charge in [-0.3, -0.25) is 0 Å². The Balaban J connectivity index is 2.29. The molecule has 0 fully saturated rings. The van der Waals surface area contributed by atoms with E-state index >= 15 is 0 Å². The van der Waals surface area contributed by atoms with E-state index in [-0.39, 0.29) is 0 Å². The van der Waals surface area contributed by atoms with Crippen LogP contribution in [0, 0.1) is 0 Å². The fourth-order valence-electron chi connectivity index (χ4n) is 2.74. The first kappa shape index (κ1) is 18.7. The zero-order chi connectivity index (χ0) is 15.3. The van der Waals surface area contributed by atoms with Crippen molar-refractivity contribution >= 4 is 11.3 Å². The van der Waals surface area contributed by atoms with Gasteiger partial charge in [0.1, 0.15) is 0 Å². The second-order valence-corrected chi connectivity index (χ2v) is 7.27. The van der Waals surface area contributed by atoms with E-state index in [9.17, 15) is 0 Å². The fraction of sp³-hybridized carbons (Fsp3) is 0.789. The largest absolute Gasteiger partial charge is 0.309 e. The van der Waals surface area contributed by atoms with E-state index in [0.29, 0.717) is 6.04 Å². The van der Waals surface area contributed by atoms with Gasteiger partial charge in [-0.15, -0.1) is 11.3 Å². The van der Waals surface area contributed by atoms with Crippen molar-refractivity contribution in [2.45, 2.75) is 91.0 Å². The van der Waals surface area contributed by atoms with Crippen molar-refractivity contribution < 1.29 is 0 Å². The first-order valence-electron chi connectivity index (χ1n) is 9.13. The van der Waals surface area contributed by atoms with Gasteiger partial charge in [-0.1, -0.05) is 65.7 Å². The minimum absolute atomic E-state index is 0.589. The molecule has 2 heteroatoms. The third-order valence-electron chi connectivity index (χ3n) is 4.11. The van der Waals surface area contributed by atoms with Crippen LogP contribution in [0.4, 0.5) is 0 Å². The molecule has 1 aromatic heterocycles. The lowest BCUT2D eigenvalue weighted by Gasteiger charge is -2.17. The quantitative estimate of drug-likeness (QED) is 0.410. The number of aryl methyl sites for hydroxylation is 1. The molecule has 0 radical (unpaired) electrons. The molecule has 0 aliphatic rings. The SMILES string of the molecule is CCCCCCCCCC(NCCC)c1ccc(CC)s1. The Bertz CT molecular complexity index is 345. The summed E-state index contributed by atoms with van der Waals surface area (Å²) < 4.78 is 0. The number of thiophene rings is 1. The molecule has 1 heterocycles. The van der Waals surface area contributed by atoms with Gasteiger partial charge < -0.3 is 5.32 Å². The lowest BCUT2D eigenvalue weighted by Crippen LogP contribution is -2.21. The number of rotatable bonds is 13. The summed E-state index contributed by atoms with van der Waals surface area (Å²) >= 11 is 2.00. The van der Waals surface area contributed by atoms with Gasteiger partial charge >= 0.3 is 0 Å². The van der Waals surface area contributed by atoms with Crippen molar-refractivity contribution in [2.75, 3.05) is 6.54 Å². The molecule has 0 bridgehead atoms. The third-order valence-corrected chi connectivity index (χ3v) is 5.45. The van der Waals surface area contributed by atoms with Crippen molar-refractivity contribution in [3.8, 4) is 0 Å². The molecule has 21 heavy (non-hydrogen) atoms. The molecular formula is C19H35NS. The monoisotopic (exact) mass is 309 g/mol. The average Bonchev–Trinajstić information content (AvgIpc) is 2.98. The average molecular weight is 310 g/mol. The Morgan fingerprint density at radius 1 is 0.905 bits per heavy atom. The van der Waals surface area contributed by atoms with E-state index in [4.69, 9.17) is 0 Å². The maximum absolute atomic E-state index is 3.74. The van der Waals surface area contributed by atoms with Gasteiger partial charge in [-0.05, 0) is 37.9 Å². The maximum atomic E-state index is 3.74. The lowest BCUT2D eigenvalue weighted by molar-refractivity contribution is 0.471. The van der Waals surface area contributed by atoms with E-state index in [2.05, 4.69) is 38.2 Å². The first-order chi connectivity index (χ1) is 10.3. The molecular weight excluding hydrogens is 274 g/mol.